The topological polar surface area (TPSA) is 56.7 Å². The molecule has 1 aromatic heterocycles. The van der Waals surface area contributed by atoms with Gasteiger partial charge in [0.25, 0.3) is 0 Å². The summed E-state index contributed by atoms with van der Waals surface area (Å²) in [5.74, 6) is 1.60. The molecule has 2 unspecified atom stereocenters. The van der Waals surface area contributed by atoms with Crippen molar-refractivity contribution in [1.29, 1.82) is 0 Å². The van der Waals surface area contributed by atoms with Gasteiger partial charge in [-0.05, 0) is 37.6 Å². The van der Waals surface area contributed by atoms with E-state index in [2.05, 4.69) is 35.0 Å². The molecule has 2 rings (SSSR count). The van der Waals surface area contributed by atoms with E-state index in [1.54, 1.807) is 0 Å². The summed E-state index contributed by atoms with van der Waals surface area (Å²) in [7, 11) is 0. The van der Waals surface area contributed by atoms with Crippen molar-refractivity contribution in [2.45, 2.75) is 45.6 Å². The summed E-state index contributed by atoms with van der Waals surface area (Å²) in [5.41, 5.74) is 6.54. The molecule has 90 valence electrons. The average molecular weight is 222 g/mol. The molecule has 1 aromatic rings. The summed E-state index contributed by atoms with van der Waals surface area (Å²) in [6, 6.07) is 0.540. The molecule has 1 fully saturated rings. The molecule has 4 nitrogen and oxygen atoms in total. The van der Waals surface area contributed by atoms with Crippen molar-refractivity contribution in [2.75, 3.05) is 6.54 Å². The highest BCUT2D eigenvalue weighted by atomic mass is 15.4. The molecule has 2 atom stereocenters. The van der Waals surface area contributed by atoms with Crippen LogP contribution >= 0.6 is 0 Å². The summed E-state index contributed by atoms with van der Waals surface area (Å²) < 4.78 is 2.05. The monoisotopic (exact) mass is 222 g/mol. The van der Waals surface area contributed by atoms with Gasteiger partial charge in [-0.1, -0.05) is 19.1 Å². The van der Waals surface area contributed by atoms with E-state index in [1.165, 1.54) is 19.3 Å². The summed E-state index contributed by atoms with van der Waals surface area (Å²) in [6.45, 7) is 5.32. The Hall–Kier alpha value is -0.900. The van der Waals surface area contributed by atoms with Gasteiger partial charge in [-0.2, -0.15) is 0 Å². The van der Waals surface area contributed by atoms with Crippen molar-refractivity contribution in [3.63, 3.8) is 0 Å². The van der Waals surface area contributed by atoms with E-state index in [9.17, 15) is 0 Å². The van der Waals surface area contributed by atoms with E-state index in [1.807, 2.05) is 0 Å². The number of hydrogen-bond donors (Lipinski definition) is 1. The van der Waals surface area contributed by atoms with Gasteiger partial charge in [0.15, 0.2) is 0 Å². The van der Waals surface area contributed by atoms with Crippen molar-refractivity contribution in [3.05, 3.63) is 11.9 Å². The molecule has 1 aliphatic carbocycles. The Labute approximate surface area is 97.2 Å². The lowest BCUT2D eigenvalue weighted by atomic mass is 9.80. The molecule has 0 spiro atoms. The van der Waals surface area contributed by atoms with Crippen LogP contribution in [0.4, 0.5) is 0 Å². The van der Waals surface area contributed by atoms with Gasteiger partial charge in [0.05, 0.1) is 11.7 Å². The molecule has 0 aliphatic heterocycles. The van der Waals surface area contributed by atoms with Gasteiger partial charge in [0.1, 0.15) is 0 Å². The van der Waals surface area contributed by atoms with E-state index in [0.29, 0.717) is 12.6 Å². The van der Waals surface area contributed by atoms with Crippen LogP contribution in [-0.2, 0) is 6.42 Å². The van der Waals surface area contributed by atoms with Crippen LogP contribution in [0.3, 0.4) is 0 Å². The summed E-state index contributed by atoms with van der Waals surface area (Å²) >= 11 is 0. The number of nitrogens with zero attached hydrogens (tertiary/aromatic N) is 3. The van der Waals surface area contributed by atoms with Crippen LogP contribution in [0.25, 0.3) is 0 Å². The number of nitrogens with two attached hydrogens (primary N) is 1. The Morgan fingerprint density at radius 3 is 2.62 bits per heavy atom. The zero-order valence-electron chi connectivity index (χ0n) is 10.3. The van der Waals surface area contributed by atoms with Crippen LogP contribution in [0.15, 0.2) is 6.20 Å². The van der Waals surface area contributed by atoms with E-state index >= 15 is 0 Å². The molecule has 0 amide bonds. The quantitative estimate of drug-likeness (QED) is 0.848. The van der Waals surface area contributed by atoms with Crippen LogP contribution in [-0.4, -0.2) is 21.5 Å². The number of hydrogen-bond acceptors (Lipinski definition) is 3. The second kappa shape index (κ2) is 4.95. The largest absolute Gasteiger partial charge is 0.330 e. The first-order valence-electron chi connectivity index (χ1n) is 6.29. The van der Waals surface area contributed by atoms with Crippen molar-refractivity contribution >= 4 is 0 Å². The lowest BCUT2D eigenvalue weighted by molar-refractivity contribution is 0.208. The van der Waals surface area contributed by atoms with Crippen LogP contribution in [0, 0.1) is 11.8 Å². The Morgan fingerprint density at radius 2 is 2.00 bits per heavy atom. The Kier molecular flexibility index (Phi) is 3.59. The summed E-state index contributed by atoms with van der Waals surface area (Å²) in [6.07, 6.45) is 6.71. The van der Waals surface area contributed by atoms with Crippen molar-refractivity contribution < 1.29 is 0 Å². The average Bonchev–Trinajstić information content (AvgIpc) is 2.65. The minimum atomic E-state index is 0.540. The van der Waals surface area contributed by atoms with Gasteiger partial charge < -0.3 is 5.73 Å². The zero-order valence-corrected chi connectivity index (χ0v) is 10.3. The predicted octanol–water partition coefficient (Wildman–Crippen LogP) is 1.78. The van der Waals surface area contributed by atoms with E-state index in [-0.39, 0.29) is 0 Å². The van der Waals surface area contributed by atoms with Gasteiger partial charge in [-0.25, -0.2) is 4.68 Å². The maximum atomic E-state index is 5.52. The molecule has 0 aromatic carbocycles. The third-order valence-electron chi connectivity index (χ3n) is 3.49. The fourth-order valence-electron chi connectivity index (χ4n) is 2.87. The molecule has 2 N–H and O–H groups in total. The van der Waals surface area contributed by atoms with Gasteiger partial charge in [-0.15, -0.1) is 5.10 Å². The van der Waals surface area contributed by atoms with Crippen LogP contribution in [0.2, 0.25) is 0 Å². The second-order valence-electron chi connectivity index (χ2n) is 5.30. The van der Waals surface area contributed by atoms with Gasteiger partial charge in [0, 0.05) is 12.6 Å². The van der Waals surface area contributed by atoms with Crippen LogP contribution in [0.1, 0.15) is 44.8 Å². The van der Waals surface area contributed by atoms with E-state index in [0.717, 1.165) is 24.0 Å². The fraction of sp³-hybridized carbons (Fsp3) is 0.833. The third-order valence-corrected chi connectivity index (χ3v) is 3.49. The van der Waals surface area contributed by atoms with Crippen molar-refractivity contribution in [3.8, 4) is 0 Å². The molecular formula is C12H22N4. The van der Waals surface area contributed by atoms with Crippen molar-refractivity contribution in [2.24, 2.45) is 17.6 Å². The SMILES string of the molecule is CC1CC(C)CC(n2cc(CCN)nn2)C1. The highest BCUT2D eigenvalue weighted by Crippen LogP contribution is 2.35. The molecule has 4 heteroatoms. The second-order valence-corrected chi connectivity index (χ2v) is 5.30. The Balaban J connectivity index is 2.04. The number of aromatic nitrogens is 3. The van der Waals surface area contributed by atoms with E-state index < -0.39 is 0 Å². The summed E-state index contributed by atoms with van der Waals surface area (Å²) in [4.78, 5) is 0. The minimum absolute atomic E-state index is 0.540. The first kappa shape index (κ1) is 11.6. The first-order valence-corrected chi connectivity index (χ1v) is 6.29. The van der Waals surface area contributed by atoms with E-state index in [4.69, 9.17) is 5.73 Å². The van der Waals surface area contributed by atoms with Crippen LogP contribution in [0.5, 0.6) is 0 Å². The smallest absolute Gasteiger partial charge is 0.0839 e. The fourth-order valence-corrected chi connectivity index (χ4v) is 2.87. The third kappa shape index (κ3) is 2.61. The first-order chi connectivity index (χ1) is 7.69. The number of rotatable bonds is 3. The lowest BCUT2D eigenvalue weighted by Crippen LogP contribution is -2.23. The molecule has 0 bridgehead atoms. The molecular weight excluding hydrogens is 200 g/mol. The lowest BCUT2D eigenvalue weighted by Gasteiger charge is -2.31. The summed E-state index contributed by atoms with van der Waals surface area (Å²) in [5, 5.41) is 8.40. The molecule has 16 heavy (non-hydrogen) atoms. The normalized spacial score (nSPS) is 30.6. The highest BCUT2D eigenvalue weighted by Gasteiger charge is 2.25. The molecule has 0 saturated heterocycles. The van der Waals surface area contributed by atoms with Gasteiger partial charge in [0.2, 0.25) is 0 Å². The zero-order chi connectivity index (χ0) is 11.5. The molecule has 0 radical (unpaired) electrons. The maximum absolute atomic E-state index is 5.52. The van der Waals surface area contributed by atoms with Crippen molar-refractivity contribution in [1.82, 2.24) is 15.0 Å². The Morgan fingerprint density at radius 1 is 1.31 bits per heavy atom. The van der Waals surface area contributed by atoms with Gasteiger partial charge in [-0.3, -0.25) is 0 Å². The van der Waals surface area contributed by atoms with Crippen LogP contribution < -0.4 is 5.73 Å². The molecule has 1 heterocycles. The standard InChI is InChI=1S/C12H22N4/c1-9-5-10(2)7-12(6-9)16-8-11(3-4-13)14-15-16/h8-10,12H,3-7,13H2,1-2H3. The molecule has 1 saturated carbocycles. The Bertz CT molecular complexity index is 324. The van der Waals surface area contributed by atoms with Gasteiger partial charge >= 0.3 is 0 Å². The molecule has 1 aliphatic rings. The minimum Gasteiger partial charge on any atom is -0.330 e. The predicted molar refractivity (Wildman–Crippen MR) is 64.0 cm³/mol. The maximum Gasteiger partial charge on any atom is 0.0839 e. The highest BCUT2D eigenvalue weighted by molar-refractivity contribution is 4.94.